The van der Waals surface area contributed by atoms with Crippen LogP contribution in [0.15, 0.2) is 60.8 Å². The predicted octanol–water partition coefficient (Wildman–Crippen LogP) is 1.59. The van der Waals surface area contributed by atoms with Crippen LogP contribution in [0, 0.1) is 0 Å². The third kappa shape index (κ3) is 6.21. The van der Waals surface area contributed by atoms with Crippen molar-refractivity contribution in [1.82, 2.24) is 20.5 Å². The summed E-state index contributed by atoms with van der Waals surface area (Å²) in [4.78, 5) is 56.4. The zero-order valence-electron chi connectivity index (χ0n) is 22.4. The molecule has 1 fully saturated rings. The van der Waals surface area contributed by atoms with Gasteiger partial charge in [-0.05, 0) is 48.0 Å². The third-order valence-corrected chi connectivity index (χ3v) is 6.76. The van der Waals surface area contributed by atoms with E-state index in [2.05, 4.69) is 20.4 Å². The molecule has 3 aliphatic rings. The Kier molecular flexibility index (Phi) is 7.99. The fourth-order valence-corrected chi connectivity index (χ4v) is 4.56. The lowest BCUT2D eigenvalue weighted by molar-refractivity contribution is -0.123. The maximum Gasteiger partial charge on any atom is 0.339 e. The Hall–Kier alpha value is -5.13. The maximum atomic E-state index is 13.3. The molecule has 4 heterocycles. The fourth-order valence-electron chi connectivity index (χ4n) is 4.56. The van der Waals surface area contributed by atoms with Crippen LogP contribution in [0.5, 0.6) is 17.2 Å². The molecule has 2 N–H and O–H groups in total. The molecule has 1 saturated heterocycles. The monoisotopic (exact) mass is 560 g/mol. The third-order valence-electron chi connectivity index (χ3n) is 6.76. The molecular weight excluding hydrogens is 532 g/mol. The first-order valence-electron chi connectivity index (χ1n) is 12.8. The molecule has 4 bridgehead atoms. The van der Waals surface area contributed by atoms with Gasteiger partial charge >= 0.3 is 5.97 Å². The van der Waals surface area contributed by atoms with E-state index in [-0.39, 0.29) is 60.6 Å². The Morgan fingerprint density at radius 2 is 1.83 bits per heavy atom. The van der Waals surface area contributed by atoms with Gasteiger partial charge < -0.3 is 34.5 Å². The second kappa shape index (κ2) is 11.9. The van der Waals surface area contributed by atoms with Crippen LogP contribution in [0.4, 0.5) is 0 Å². The zero-order chi connectivity index (χ0) is 28.9. The van der Waals surface area contributed by atoms with E-state index >= 15 is 0 Å². The molecule has 3 aliphatic heterocycles. The molecule has 41 heavy (non-hydrogen) atoms. The zero-order valence-corrected chi connectivity index (χ0v) is 22.4. The topological polar surface area (TPSA) is 145 Å². The highest BCUT2D eigenvalue weighted by atomic mass is 16.5. The summed E-state index contributed by atoms with van der Waals surface area (Å²) < 4.78 is 21.9. The van der Waals surface area contributed by atoms with E-state index < -0.39 is 24.0 Å². The van der Waals surface area contributed by atoms with Gasteiger partial charge in [-0.15, -0.1) is 0 Å². The number of hydrogen-bond acceptors (Lipinski definition) is 9. The van der Waals surface area contributed by atoms with Crippen molar-refractivity contribution < 1.29 is 38.1 Å². The summed E-state index contributed by atoms with van der Waals surface area (Å²) >= 11 is 0. The van der Waals surface area contributed by atoms with Crippen molar-refractivity contribution in [3.05, 3.63) is 83.2 Å². The summed E-state index contributed by atoms with van der Waals surface area (Å²) in [6, 6.07) is 14.2. The van der Waals surface area contributed by atoms with Gasteiger partial charge in [0.15, 0.2) is 18.1 Å². The Labute approximate surface area is 235 Å². The van der Waals surface area contributed by atoms with Crippen molar-refractivity contribution in [2.75, 3.05) is 33.9 Å². The minimum absolute atomic E-state index is 0.140. The van der Waals surface area contributed by atoms with Crippen LogP contribution in [-0.2, 0) is 16.1 Å². The number of pyridine rings is 1. The number of likely N-dealkylation sites (tertiary alicyclic amines) is 1. The molecule has 0 saturated carbocycles. The molecule has 6 rings (SSSR count). The molecule has 3 aromatic rings. The van der Waals surface area contributed by atoms with Crippen molar-refractivity contribution in [3.63, 3.8) is 0 Å². The van der Waals surface area contributed by atoms with Crippen LogP contribution in [0.25, 0.3) is 0 Å². The molecule has 3 amide bonds. The van der Waals surface area contributed by atoms with Gasteiger partial charge in [0.2, 0.25) is 0 Å². The van der Waals surface area contributed by atoms with Gasteiger partial charge in [0, 0.05) is 24.8 Å². The highest BCUT2D eigenvalue weighted by Gasteiger charge is 2.39. The molecule has 0 spiro atoms. The molecule has 212 valence electrons. The quantitative estimate of drug-likeness (QED) is 0.456. The highest BCUT2D eigenvalue weighted by molar-refractivity contribution is 5.96. The van der Waals surface area contributed by atoms with Gasteiger partial charge in [0.05, 0.1) is 32.4 Å². The lowest BCUT2D eigenvalue weighted by Gasteiger charge is -2.21. The smallest absolute Gasteiger partial charge is 0.339 e. The Morgan fingerprint density at radius 3 is 2.54 bits per heavy atom. The first kappa shape index (κ1) is 27.4. The van der Waals surface area contributed by atoms with Gasteiger partial charge in [-0.3, -0.25) is 19.4 Å². The number of carbonyl (C=O) groups excluding carboxylic acids is 4. The number of amides is 3. The van der Waals surface area contributed by atoms with E-state index in [1.807, 2.05) is 12.1 Å². The van der Waals surface area contributed by atoms with E-state index in [9.17, 15) is 19.2 Å². The second-order valence-electron chi connectivity index (χ2n) is 9.45. The number of esters is 1. The molecule has 2 atom stereocenters. The molecule has 1 aromatic heterocycles. The lowest BCUT2D eigenvalue weighted by atomic mass is 10.1. The number of fused-ring (bicyclic) bond motifs is 7. The summed E-state index contributed by atoms with van der Waals surface area (Å²) in [6.45, 7) is 0.361. The number of rotatable bonds is 3. The van der Waals surface area contributed by atoms with Crippen molar-refractivity contribution in [1.29, 1.82) is 0 Å². The van der Waals surface area contributed by atoms with E-state index in [4.69, 9.17) is 14.2 Å². The number of nitrogens with one attached hydrogen (secondary N) is 2. The largest absolute Gasteiger partial charge is 0.493 e. The number of aromatic nitrogens is 1. The lowest BCUT2D eigenvalue weighted by Crippen LogP contribution is -2.45. The van der Waals surface area contributed by atoms with E-state index in [0.29, 0.717) is 11.5 Å². The second-order valence-corrected chi connectivity index (χ2v) is 9.45. The normalized spacial score (nSPS) is 18.6. The van der Waals surface area contributed by atoms with Gasteiger partial charge in [0.25, 0.3) is 17.7 Å². The Balaban J connectivity index is 1.42. The molecular formula is C29H28N4O8. The van der Waals surface area contributed by atoms with Crippen LogP contribution in [0.2, 0.25) is 0 Å². The summed E-state index contributed by atoms with van der Waals surface area (Å²) in [5.41, 5.74) is 1.49. The van der Waals surface area contributed by atoms with Crippen molar-refractivity contribution in [2.45, 2.75) is 18.7 Å². The van der Waals surface area contributed by atoms with Crippen molar-refractivity contribution in [2.24, 2.45) is 0 Å². The Morgan fingerprint density at radius 1 is 1.02 bits per heavy atom. The molecule has 12 heteroatoms. The van der Waals surface area contributed by atoms with E-state index in [0.717, 1.165) is 5.56 Å². The molecule has 2 aromatic carbocycles. The van der Waals surface area contributed by atoms with Crippen LogP contribution < -0.4 is 24.8 Å². The van der Waals surface area contributed by atoms with Crippen LogP contribution in [0.3, 0.4) is 0 Å². The number of benzene rings is 2. The number of carbonyl (C=O) groups is 4. The number of methoxy groups -OCH3 is 2. The predicted molar refractivity (Wildman–Crippen MR) is 144 cm³/mol. The summed E-state index contributed by atoms with van der Waals surface area (Å²) in [6.07, 6.45) is 0.706. The van der Waals surface area contributed by atoms with E-state index in [1.165, 1.54) is 38.6 Å². The number of hydrogen-bond donors (Lipinski definition) is 2. The standard InChI is InChI=1S/C29H28N4O8/c1-38-23-10-6-18-11-24(23)40-16-26(34)31-12-17-3-7-20(8-4-17)41-25-15-33(14-22(25)32-27(18)35)28(36)21-9-5-19(13-30-21)29(37)39-2/h3-11,13,22,25H,12,14-16H2,1-2H3,(H,31,34)(H,32,35)/t22-,25-/m0/s1. The van der Waals surface area contributed by atoms with Crippen LogP contribution in [-0.4, -0.2) is 79.6 Å². The molecule has 0 aliphatic carbocycles. The highest BCUT2D eigenvalue weighted by Crippen LogP contribution is 2.29. The minimum atomic E-state index is -0.576. The van der Waals surface area contributed by atoms with Gasteiger partial charge in [-0.2, -0.15) is 0 Å². The summed E-state index contributed by atoms with van der Waals surface area (Å²) in [5, 5.41) is 5.76. The average molecular weight is 561 g/mol. The summed E-state index contributed by atoms with van der Waals surface area (Å²) in [5.74, 6) is -0.539. The summed E-state index contributed by atoms with van der Waals surface area (Å²) in [7, 11) is 2.73. The van der Waals surface area contributed by atoms with Gasteiger partial charge in [-0.25, -0.2) is 4.79 Å². The molecule has 0 unspecified atom stereocenters. The van der Waals surface area contributed by atoms with Crippen LogP contribution in [0.1, 0.15) is 36.8 Å². The molecule has 12 nitrogen and oxygen atoms in total. The van der Waals surface area contributed by atoms with Crippen molar-refractivity contribution in [3.8, 4) is 17.2 Å². The van der Waals surface area contributed by atoms with Gasteiger partial charge in [-0.1, -0.05) is 12.1 Å². The molecule has 0 radical (unpaired) electrons. The van der Waals surface area contributed by atoms with Crippen LogP contribution >= 0.6 is 0 Å². The fraction of sp³-hybridized carbons (Fsp3) is 0.276. The SMILES string of the molecule is COC(=O)c1ccc(C(=O)N2C[C@@H]3NC(=O)c4ccc(OC)c(c4)OCC(=O)NCc4ccc(cc4)O[C@H]3C2)nc1. The number of nitrogens with zero attached hydrogens (tertiary/aromatic N) is 2. The van der Waals surface area contributed by atoms with Crippen molar-refractivity contribution >= 4 is 23.7 Å². The first-order chi connectivity index (χ1) is 19.8. The average Bonchev–Trinajstić information content (AvgIpc) is 3.39. The van der Waals surface area contributed by atoms with Gasteiger partial charge in [0.1, 0.15) is 17.5 Å². The van der Waals surface area contributed by atoms with E-state index in [1.54, 1.807) is 29.2 Å². The Bertz CT molecular complexity index is 1460. The number of ether oxygens (including phenoxy) is 4. The maximum absolute atomic E-state index is 13.3. The first-order valence-corrected chi connectivity index (χ1v) is 12.8. The minimum Gasteiger partial charge on any atom is -0.493 e.